The van der Waals surface area contributed by atoms with Gasteiger partial charge in [0, 0.05) is 23.5 Å². The molecule has 0 saturated carbocycles. The molecule has 1 aromatic carbocycles. The van der Waals surface area contributed by atoms with Crippen molar-refractivity contribution in [1.82, 2.24) is 4.98 Å². The molecule has 2 aromatic rings. The molecule has 0 unspecified atom stereocenters. The smallest absolute Gasteiger partial charge is 0.339 e. The second-order valence-electron chi connectivity index (χ2n) is 3.35. The minimum atomic E-state index is -1.10. The van der Waals surface area contributed by atoms with E-state index in [0.29, 0.717) is 15.2 Å². The summed E-state index contributed by atoms with van der Waals surface area (Å²) >= 11 is 9.03. The standard InChI is InChI=1S/C12H7BrClNO3/c13-9-6-15-4-3-11(9)18-10-2-1-7(14)5-8(10)12(16)17/h1-6H,(H,16,17). The van der Waals surface area contributed by atoms with Crippen molar-refractivity contribution in [1.29, 1.82) is 0 Å². The van der Waals surface area contributed by atoms with Crippen molar-refractivity contribution < 1.29 is 14.6 Å². The van der Waals surface area contributed by atoms with Gasteiger partial charge in [0.2, 0.25) is 0 Å². The van der Waals surface area contributed by atoms with Gasteiger partial charge in [-0.25, -0.2) is 4.79 Å². The number of aromatic nitrogens is 1. The first kappa shape index (κ1) is 12.9. The van der Waals surface area contributed by atoms with Crippen LogP contribution in [0.5, 0.6) is 11.5 Å². The molecule has 0 aliphatic rings. The SMILES string of the molecule is O=C(O)c1cc(Cl)ccc1Oc1ccncc1Br. The lowest BCUT2D eigenvalue weighted by atomic mass is 10.2. The highest BCUT2D eigenvalue weighted by molar-refractivity contribution is 9.10. The molecule has 4 nitrogen and oxygen atoms in total. The van der Waals surface area contributed by atoms with E-state index in [2.05, 4.69) is 20.9 Å². The molecule has 0 spiro atoms. The molecule has 6 heteroatoms. The van der Waals surface area contributed by atoms with Gasteiger partial charge < -0.3 is 9.84 Å². The predicted octanol–water partition coefficient (Wildman–Crippen LogP) is 3.99. The topological polar surface area (TPSA) is 59.4 Å². The third-order valence-electron chi connectivity index (χ3n) is 2.13. The molecular formula is C12H7BrClNO3. The Labute approximate surface area is 116 Å². The van der Waals surface area contributed by atoms with E-state index in [0.717, 1.165) is 0 Å². The molecule has 1 aromatic heterocycles. The number of benzene rings is 1. The quantitative estimate of drug-likeness (QED) is 0.925. The summed E-state index contributed by atoms with van der Waals surface area (Å²) in [5.74, 6) is -0.397. The minimum absolute atomic E-state index is 0.00575. The van der Waals surface area contributed by atoms with Crippen LogP contribution in [0.15, 0.2) is 41.1 Å². The zero-order valence-corrected chi connectivity index (χ0v) is 11.3. The number of carbonyl (C=O) groups is 1. The van der Waals surface area contributed by atoms with E-state index in [1.165, 1.54) is 12.1 Å². The number of carboxylic acids is 1. The first-order valence-electron chi connectivity index (χ1n) is 4.88. The second kappa shape index (κ2) is 5.37. The lowest BCUT2D eigenvalue weighted by Gasteiger charge is -2.09. The summed E-state index contributed by atoms with van der Waals surface area (Å²) in [7, 11) is 0. The van der Waals surface area contributed by atoms with Crippen LogP contribution in [0.25, 0.3) is 0 Å². The number of nitrogens with zero attached hydrogens (tertiary/aromatic N) is 1. The van der Waals surface area contributed by atoms with Crippen LogP contribution in [-0.2, 0) is 0 Å². The van der Waals surface area contributed by atoms with Gasteiger partial charge in [-0.05, 0) is 34.1 Å². The van der Waals surface area contributed by atoms with Crippen LogP contribution < -0.4 is 4.74 Å². The van der Waals surface area contributed by atoms with Crippen LogP contribution in [0.2, 0.25) is 5.02 Å². The van der Waals surface area contributed by atoms with Crippen molar-refractivity contribution >= 4 is 33.5 Å². The lowest BCUT2D eigenvalue weighted by molar-refractivity contribution is 0.0694. The first-order chi connectivity index (χ1) is 8.58. The second-order valence-corrected chi connectivity index (χ2v) is 4.64. The van der Waals surface area contributed by atoms with E-state index in [4.69, 9.17) is 21.4 Å². The monoisotopic (exact) mass is 327 g/mol. The predicted molar refractivity (Wildman–Crippen MR) is 70.4 cm³/mol. The Kier molecular flexibility index (Phi) is 3.84. The van der Waals surface area contributed by atoms with Crippen LogP contribution >= 0.6 is 27.5 Å². The van der Waals surface area contributed by atoms with Gasteiger partial charge in [-0.2, -0.15) is 0 Å². The van der Waals surface area contributed by atoms with Crippen LogP contribution in [0, 0.1) is 0 Å². The normalized spacial score (nSPS) is 10.1. The highest BCUT2D eigenvalue weighted by Gasteiger charge is 2.13. The third kappa shape index (κ3) is 2.80. The Morgan fingerprint density at radius 3 is 2.78 bits per heavy atom. The Bertz CT molecular complexity index is 604. The number of hydrogen-bond donors (Lipinski definition) is 1. The number of ether oxygens (including phenoxy) is 1. The van der Waals surface area contributed by atoms with Gasteiger partial charge >= 0.3 is 5.97 Å². The molecule has 0 aliphatic heterocycles. The molecule has 2 rings (SSSR count). The van der Waals surface area contributed by atoms with Crippen molar-refractivity contribution in [2.24, 2.45) is 0 Å². The number of aromatic carboxylic acids is 1. The van der Waals surface area contributed by atoms with Crippen LogP contribution in [0.4, 0.5) is 0 Å². The largest absolute Gasteiger partial charge is 0.478 e. The Balaban J connectivity index is 2.41. The average molecular weight is 329 g/mol. The van der Waals surface area contributed by atoms with E-state index in [1.54, 1.807) is 24.5 Å². The molecule has 0 radical (unpaired) electrons. The lowest BCUT2D eigenvalue weighted by Crippen LogP contribution is -2.00. The van der Waals surface area contributed by atoms with Gasteiger partial charge in [-0.1, -0.05) is 11.6 Å². The molecule has 1 N–H and O–H groups in total. The van der Waals surface area contributed by atoms with Crippen molar-refractivity contribution in [3.63, 3.8) is 0 Å². The molecular weight excluding hydrogens is 321 g/mol. The van der Waals surface area contributed by atoms with E-state index in [9.17, 15) is 4.79 Å². The number of carboxylic acid groups (broad SMARTS) is 1. The minimum Gasteiger partial charge on any atom is -0.478 e. The maximum absolute atomic E-state index is 11.1. The zero-order chi connectivity index (χ0) is 13.1. The van der Waals surface area contributed by atoms with E-state index in [-0.39, 0.29) is 11.3 Å². The van der Waals surface area contributed by atoms with Crippen LogP contribution in [0.3, 0.4) is 0 Å². The van der Waals surface area contributed by atoms with Gasteiger partial charge in [0.05, 0.1) is 4.47 Å². The third-order valence-corrected chi connectivity index (χ3v) is 2.96. The van der Waals surface area contributed by atoms with Gasteiger partial charge in [-0.3, -0.25) is 4.98 Å². The van der Waals surface area contributed by atoms with E-state index in [1.807, 2.05) is 0 Å². The molecule has 18 heavy (non-hydrogen) atoms. The summed E-state index contributed by atoms with van der Waals surface area (Å²) < 4.78 is 6.17. The molecule has 0 fully saturated rings. The summed E-state index contributed by atoms with van der Waals surface area (Å²) in [6.45, 7) is 0. The average Bonchev–Trinajstić information content (AvgIpc) is 2.34. The fraction of sp³-hybridized carbons (Fsp3) is 0. The summed E-state index contributed by atoms with van der Waals surface area (Å²) in [5, 5.41) is 9.42. The van der Waals surface area contributed by atoms with Gasteiger partial charge in [0.25, 0.3) is 0 Å². The highest BCUT2D eigenvalue weighted by atomic mass is 79.9. The maximum atomic E-state index is 11.1. The van der Waals surface area contributed by atoms with Gasteiger partial charge in [-0.15, -0.1) is 0 Å². The molecule has 1 heterocycles. The fourth-order valence-corrected chi connectivity index (χ4v) is 1.83. The van der Waals surface area contributed by atoms with Crippen molar-refractivity contribution in [3.05, 3.63) is 51.7 Å². The summed E-state index contributed by atoms with van der Waals surface area (Å²) in [4.78, 5) is 15.0. The maximum Gasteiger partial charge on any atom is 0.339 e. The number of rotatable bonds is 3. The Morgan fingerprint density at radius 2 is 2.11 bits per heavy atom. The van der Waals surface area contributed by atoms with E-state index < -0.39 is 5.97 Å². The summed E-state index contributed by atoms with van der Waals surface area (Å²) in [5.41, 5.74) is 0.00575. The van der Waals surface area contributed by atoms with Crippen molar-refractivity contribution in [3.8, 4) is 11.5 Å². The fourth-order valence-electron chi connectivity index (χ4n) is 1.32. The van der Waals surface area contributed by atoms with Crippen LogP contribution in [0.1, 0.15) is 10.4 Å². The molecule has 0 amide bonds. The van der Waals surface area contributed by atoms with Crippen LogP contribution in [-0.4, -0.2) is 16.1 Å². The zero-order valence-electron chi connectivity index (χ0n) is 8.93. The van der Waals surface area contributed by atoms with Crippen molar-refractivity contribution in [2.75, 3.05) is 0 Å². The van der Waals surface area contributed by atoms with Gasteiger partial charge in [0.15, 0.2) is 0 Å². The Hall–Kier alpha value is -1.59. The molecule has 0 bridgehead atoms. The number of pyridine rings is 1. The first-order valence-corrected chi connectivity index (χ1v) is 6.05. The van der Waals surface area contributed by atoms with Crippen molar-refractivity contribution in [2.45, 2.75) is 0 Å². The molecule has 0 aliphatic carbocycles. The molecule has 0 saturated heterocycles. The summed E-state index contributed by atoms with van der Waals surface area (Å²) in [6, 6.07) is 6.05. The molecule has 0 atom stereocenters. The summed E-state index contributed by atoms with van der Waals surface area (Å²) in [6.07, 6.45) is 3.11. The Morgan fingerprint density at radius 1 is 1.33 bits per heavy atom. The van der Waals surface area contributed by atoms with Gasteiger partial charge in [0.1, 0.15) is 17.1 Å². The van der Waals surface area contributed by atoms with E-state index >= 15 is 0 Å². The number of halogens is 2. The number of hydrogen-bond acceptors (Lipinski definition) is 3. The molecule has 92 valence electrons. The highest BCUT2D eigenvalue weighted by Crippen LogP contribution is 2.31.